The van der Waals surface area contributed by atoms with Crippen LogP contribution in [0.2, 0.25) is 0 Å². The molecule has 7 aliphatic rings. The predicted octanol–water partition coefficient (Wildman–Crippen LogP) is 7.32. The number of benzene rings is 5. The van der Waals surface area contributed by atoms with Gasteiger partial charge in [-0.2, -0.15) is 0 Å². The molecule has 23 heteroatoms. The lowest BCUT2D eigenvalue weighted by Gasteiger charge is -2.38. The van der Waals surface area contributed by atoms with Crippen molar-refractivity contribution in [3.05, 3.63) is 119 Å². The van der Waals surface area contributed by atoms with E-state index >= 15 is 0 Å². The van der Waals surface area contributed by atoms with Gasteiger partial charge in [0.05, 0.1) is 60.1 Å². The van der Waals surface area contributed by atoms with Crippen LogP contribution in [-0.2, 0) is 46.2 Å². The molecule has 6 aromatic rings. The number of nitrogens with one attached hydrogen (secondary N) is 10. The minimum absolute atomic E-state index is 0.0456. The fraction of sp³-hybridized carbons (Fsp3) is 0.431. The first-order chi connectivity index (χ1) is 42.6. The number of nitrogens with zero attached hydrogens (tertiary/aromatic N) is 3. The van der Waals surface area contributed by atoms with Crippen LogP contribution in [0.15, 0.2) is 102 Å². The Hall–Kier alpha value is -8.61. The molecule has 0 bridgehead atoms. The van der Waals surface area contributed by atoms with Crippen LogP contribution < -0.4 is 67.8 Å². The van der Waals surface area contributed by atoms with Crippen molar-refractivity contribution in [2.45, 2.75) is 82.5 Å². The molecule has 470 valence electrons. The van der Waals surface area contributed by atoms with Crippen molar-refractivity contribution in [3.8, 4) is 11.5 Å². The van der Waals surface area contributed by atoms with Gasteiger partial charge in [0.1, 0.15) is 11.5 Å². The normalized spacial score (nSPS) is 21.1. The molecule has 3 saturated heterocycles. The first kappa shape index (κ1) is 63.9. The predicted molar refractivity (Wildman–Crippen MR) is 349 cm³/mol. The maximum absolute atomic E-state index is 12.4. The molecule has 13 rings (SSSR count). The van der Waals surface area contributed by atoms with Crippen molar-refractivity contribution in [3.63, 3.8) is 0 Å². The molecule has 0 saturated carbocycles. The number of carbonyl (C=O) groups excluding carboxylic acids is 4. The number of hydrogen-bond acceptors (Lipinski definition) is 18. The van der Waals surface area contributed by atoms with Gasteiger partial charge >= 0.3 is 0 Å². The van der Waals surface area contributed by atoms with E-state index in [1.807, 2.05) is 102 Å². The number of likely N-dealkylation sites (tertiary alicyclic amines) is 2. The highest BCUT2D eigenvalue weighted by Gasteiger charge is 2.37. The second kappa shape index (κ2) is 29.9. The van der Waals surface area contributed by atoms with Gasteiger partial charge in [-0.05, 0) is 136 Å². The summed E-state index contributed by atoms with van der Waals surface area (Å²) in [6.45, 7) is 10.2. The Morgan fingerprint density at radius 3 is 1.38 bits per heavy atom. The van der Waals surface area contributed by atoms with E-state index in [0.717, 1.165) is 151 Å². The molecule has 88 heavy (non-hydrogen) atoms. The minimum Gasteiger partial charge on any atom is -0.479 e. The van der Waals surface area contributed by atoms with Crippen molar-refractivity contribution in [2.75, 3.05) is 155 Å². The number of aromatic amines is 1. The Balaban J connectivity index is 0.000000132. The molecule has 7 aliphatic heterocycles. The van der Waals surface area contributed by atoms with Crippen LogP contribution in [-0.4, -0.2) is 177 Å². The molecule has 4 amide bonds. The molecule has 10 N–H and O–H groups in total. The highest BCUT2D eigenvalue weighted by molar-refractivity contribution is 6.01. The van der Waals surface area contributed by atoms with Crippen LogP contribution in [0, 0.1) is 0 Å². The van der Waals surface area contributed by atoms with E-state index in [9.17, 15) is 24.0 Å². The summed E-state index contributed by atoms with van der Waals surface area (Å²) >= 11 is 0. The zero-order valence-electron chi connectivity index (χ0n) is 51.8. The maximum atomic E-state index is 12.4. The molecule has 5 aromatic carbocycles. The number of piperidine rings is 1. The highest BCUT2D eigenvalue weighted by Crippen LogP contribution is 2.35. The zero-order valence-corrected chi connectivity index (χ0v) is 51.8. The first-order valence-electron chi connectivity index (χ1n) is 30.1. The summed E-state index contributed by atoms with van der Waals surface area (Å²) in [6.07, 6.45) is 4.37. The number of hydrogen-bond donors (Lipinski definition) is 10. The van der Waals surface area contributed by atoms with Crippen molar-refractivity contribution in [2.24, 2.45) is 0 Å². The van der Waals surface area contributed by atoms with Gasteiger partial charge in [-0.15, -0.1) is 0 Å². The Bertz CT molecular complexity index is 3400. The Morgan fingerprint density at radius 1 is 0.477 bits per heavy atom. The summed E-state index contributed by atoms with van der Waals surface area (Å²) < 4.78 is 27.0. The second-order valence-electron chi connectivity index (χ2n) is 22.3. The largest absolute Gasteiger partial charge is 0.479 e. The molecule has 0 radical (unpaired) electrons. The van der Waals surface area contributed by atoms with Gasteiger partial charge in [-0.3, -0.25) is 33.8 Å². The number of aromatic nitrogens is 1. The third-order valence-electron chi connectivity index (χ3n) is 16.8. The van der Waals surface area contributed by atoms with E-state index < -0.39 is 12.2 Å². The van der Waals surface area contributed by atoms with Gasteiger partial charge in [0.25, 0.3) is 11.8 Å². The number of ether oxygens (including phenoxy) is 5. The number of morpholine rings is 1. The van der Waals surface area contributed by atoms with E-state index in [0.29, 0.717) is 19.3 Å². The van der Waals surface area contributed by atoms with E-state index in [1.165, 1.54) is 11.1 Å². The number of methoxy groups -OCH3 is 2. The number of amides is 4. The molecule has 5 atom stereocenters. The van der Waals surface area contributed by atoms with Gasteiger partial charge in [0.15, 0.2) is 12.2 Å². The van der Waals surface area contributed by atoms with Crippen molar-refractivity contribution in [1.29, 1.82) is 0 Å². The molecule has 2 unspecified atom stereocenters. The Kier molecular flexibility index (Phi) is 21.7. The third kappa shape index (κ3) is 15.7. The fourth-order valence-electron chi connectivity index (χ4n) is 11.5. The Morgan fingerprint density at radius 2 is 0.898 bits per heavy atom. The number of anilines is 10. The fourth-order valence-corrected chi connectivity index (χ4v) is 11.5. The summed E-state index contributed by atoms with van der Waals surface area (Å²) in [4.78, 5) is 68.8. The van der Waals surface area contributed by atoms with E-state index in [-0.39, 0.29) is 47.4 Å². The number of fused-ring (bicyclic) bond motifs is 5. The highest BCUT2D eigenvalue weighted by atomic mass is 16.5. The lowest BCUT2D eigenvalue weighted by molar-refractivity contribution is -0.123. The molecule has 3 fully saturated rings. The van der Waals surface area contributed by atoms with E-state index in [2.05, 4.69) is 91.8 Å². The molecule has 0 spiro atoms. The average molecular weight is 1210 g/mol. The number of carbonyl (C=O) groups is 4. The quantitative estimate of drug-likeness (QED) is 0.0644. The van der Waals surface area contributed by atoms with Crippen molar-refractivity contribution >= 4 is 91.4 Å². The van der Waals surface area contributed by atoms with Gasteiger partial charge in [0, 0.05) is 140 Å². The van der Waals surface area contributed by atoms with Gasteiger partial charge < -0.3 is 81.4 Å². The van der Waals surface area contributed by atoms with Crippen LogP contribution >= 0.6 is 0 Å². The first-order valence-corrected chi connectivity index (χ1v) is 30.1. The summed E-state index contributed by atoms with van der Waals surface area (Å²) in [5, 5.41) is 28.0. The van der Waals surface area contributed by atoms with Crippen LogP contribution in [0.5, 0.6) is 11.5 Å². The number of H-pyrrole nitrogens is 1. The summed E-state index contributed by atoms with van der Waals surface area (Å²) in [5.41, 5.74) is 12.4. The molecular weight excluding hydrogens is 1120 g/mol. The van der Waals surface area contributed by atoms with E-state index in [4.69, 9.17) is 23.7 Å². The second-order valence-corrected chi connectivity index (χ2v) is 22.3. The van der Waals surface area contributed by atoms with Crippen molar-refractivity contribution in [1.82, 2.24) is 14.8 Å². The minimum atomic E-state index is -0.414. The third-order valence-corrected chi connectivity index (χ3v) is 16.8. The molecular formula is C65H85N13O10. The molecule has 0 aliphatic carbocycles. The van der Waals surface area contributed by atoms with Crippen LogP contribution in [0.25, 0.3) is 10.9 Å². The number of rotatable bonds is 10. The monoisotopic (exact) mass is 1210 g/mol. The topological polar surface area (TPSA) is 265 Å². The lowest BCUT2D eigenvalue weighted by Crippen LogP contribution is -2.51. The molecule has 1 aromatic heterocycles. The zero-order chi connectivity index (χ0) is 62.4. The number of pyridine rings is 1. The van der Waals surface area contributed by atoms with Gasteiger partial charge in [-0.1, -0.05) is 12.1 Å². The molecule has 8 heterocycles. The SMILES string of the molecule is CNc1ccc2c(N3CCOCC3)cc(=O)[nH]c2c1.CNc1ccc2c(c1)NC(=O)C(N1CCC(OC)CC1)C2.CNc1ccc2c(c1)NC(=O)C(N1CC[C@@H](OC)C1)C2.CNc1ccc2c(c1)NC(=O)[C@@H](C)O2.CNc1ccc2c(c1)NC(=O)[C@H](C)O2. The van der Waals surface area contributed by atoms with Crippen LogP contribution in [0.1, 0.15) is 44.2 Å². The summed E-state index contributed by atoms with van der Waals surface area (Å²) in [5.74, 6) is 1.44. The maximum Gasteiger partial charge on any atom is 0.265 e. The lowest BCUT2D eigenvalue weighted by atomic mass is 9.95. The van der Waals surface area contributed by atoms with Crippen molar-refractivity contribution < 1.29 is 42.9 Å². The Labute approximate surface area is 514 Å². The van der Waals surface area contributed by atoms with Crippen LogP contribution in [0.3, 0.4) is 0 Å². The van der Waals surface area contributed by atoms with Crippen LogP contribution in [0.4, 0.5) is 56.9 Å². The van der Waals surface area contributed by atoms with Gasteiger partial charge in [-0.25, -0.2) is 0 Å². The molecule has 23 nitrogen and oxygen atoms in total. The standard InChI is InChI=1S/C16H23N3O2.C15H21N3O2.C14H17N3O2.2C10H12N2O2/c1-17-12-4-3-11-9-15(16(20)18-14(11)10-12)19-7-5-13(21-2)6-8-19;1-16-11-4-3-10-7-14(15(19)17-13(10)8-11)18-6-5-12(9-18)20-2;1-15-10-2-3-11-12(8-10)16-14(18)9-13(11)17-4-6-19-7-5-17;2*1-6-10(13)12-8-5-7(11-2)3-4-9(8)14-6/h3-4,10,13,15,17H,5-9H2,1-2H3,(H,18,20);3-4,8,12,14,16H,5-7,9H2,1-2H3,(H,17,19);2-3,8-9,15H,4-7H2,1H3,(H,16,18);2*3-6,11H,1-2H3,(H,12,13)/t;12-,14?;;2*6-/m.1.10/s1. The summed E-state index contributed by atoms with van der Waals surface area (Å²) in [6, 6.07) is 31.1. The average Bonchev–Trinajstić information content (AvgIpc) is 2.77. The van der Waals surface area contributed by atoms with Gasteiger partial charge in [0.2, 0.25) is 17.4 Å². The smallest absolute Gasteiger partial charge is 0.265 e. The summed E-state index contributed by atoms with van der Waals surface area (Å²) in [7, 11) is 12.8. The van der Waals surface area contributed by atoms with E-state index in [1.54, 1.807) is 34.1 Å².